The van der Waals surface area contributed by atoms with Gasteiger partial charge < -0.3 is 4.43 Å². The molecule has 1 rings (SSSR count). The van der Waals surface area contributed by atoms with Gasteiger partial charge in [0, 0.05) is 6.42 Å². The summed E-state index contributed by atoms with van der Waals surface area (Å²) in [6, 6.07) is 0. The third kappa shape index (κ3) is 5.39. The second kappa shape index (κ2) is 5.71. The average molecular weight is 248 g/mol. The van der Waals surface area contributed by atoms with Crippen molar-refractivity contribution in [3.05, 3.63) is 23.8 Å². The molecule has 1 nitrogen and oxygen atoms in total. The molecule has 0 N–H and O–H groups in total. The van der Waals surface area contributed by atoms with Crippen molar-refractivity contribution >= 4 is 8.32 Å². The number of hydrogen-bond donors (Lipinski definition) is 0. The Hall–Kier alpha value is -0.783. The van der Waals surface area contributed by atoms with Crippen molar-refractivity contribution in [2.45, 2.75) is 57.8 Å². The van der Waals surface area contributed by atoms with Crippen LogP contribution in [0.2, 0.25) is 19.6 Å². The minimum atomic E-state index is -1.57. The molecule has 0 heterocycles. The van der Waals surface area contributed by atoms with Crippen molar-refractivity contribution in [3.8, 4) is 12.3 Å². The molecule has 1 atom stereocenters. The Labute approximate surface area is 107 Å². The van der Waals surface area contributed by atoms with Crippen molar-refractivity contribution in [2.75, 3.05) is 0 Å². The maximum atomic E-state index is 6.21. The van der Waals surface area contributed by atoms with Gasteiger partial charge in [0.1, 0.15) is 0 Å². The monoisotopic (exact) mass is 248 g/mol. The quantitative estimate of drug-likeness (QED) is 0.521. The summed E-state index contributed by atoms with van der Waals surface area (Å²) in [5.74, 6) is 2.73. The van der Waals surface area contributed by atoms with Gasteiger partial charge in [0.25, 0.3) is 0 Å². The lowest BCUT2D eigenvalue weighted by Crippen LogP contribution is -2.39. The van der Waals surface area contributed by atoms with Crippen molar-refractivity contribution in [1.82, 2.24) is 0 Å². The molecule has 0 aliphatic heterocycles. The van der Waals surface area contributed by atoms with Gasteiger partial charge in [-0.2, -0.15) is 0 Å². The fourth-order valence-electron chi connectivity index (χ4n) is 2.16. The summed E-state index contributed by atoms with van der Waals surface area (Å²) in [4.78, 5) is 0. The molecule has 0 aromatic carbocycles. The van der Waals surface area contributed by atoms with E-state index in [0.717, 1.165) is 0 Å². The molecule has 0 amide bonds. The molecule has 1 aliphatic carbocycles. The maximum absolute atomic E-state index is 6.21. The third-order valence-electron chi connectivity index (χ3n) is 2.72. The average Bonchev–Trinajstić information content (AvgIpc) is 2.64. The van der Waals surface area contributed by atoms with Crippen LogP contribution in [0.4, 0.5) is 0 Å². The minimum absolute atomic E-state index is 0.303. The van der Waals surface area contributed by atoms with Gasteiger partial charge in [0.15, 0.2) is 8.32 Å². The Bertz CT molecular complexity index is 354. The maximum Gasteiger partial charge on any atom is 0.184 e. The topological polar surface area (TPSA) is 9.23 Å². The van der Waals surface area contributed by atoms with Crippen molar-refractivity contribution in [2.24, 2.45) is 0 Å². The molecule has 0 aromatic heterocycles. The highest BCUT2D eigenvalue weighted by Crippen LogP contribution is 2.25. The Morgan fingerprint density at radius 1 is 1.53 bits per heavy atom. The molecule has 94 valence electrons. The van der Waals surface area contributed by atoms with Crippen LogP contribution in [0.5, 0.6) is 0 Å². The van der Waals surface area contributed by atoms with Crippen LogP contribution in [0.25, 0.3) is 0 Å². The zero-order chi connectivity index (χ0) is 12.9. The predicted molar refractivity (Wildman–Crippen MR) is 77.4 cm³/mol. The standard InChI is InChI=1S/C15H24OSi/c1-6-12-15(2,16-17(3,4)5)13-11-14-9-7-8-10-14/h1,9,11,13H,7-8,10,12H2,2-5H3. The zero-order valence-electron chi connectivity index (χ0n) is 11.5. The van der Waals surface area contributed by atoms with Crippen LogP contribution in [0.1, 0.15) is 32.6 Å². The third-order valence-corrected chi connectivity index (χ3v) is 3.80. The smallest absolute Gasteiger partial charge is 0.184 e. The highest BCUT2D eigenvalue weighted by atomic mass is 28.4. The Balaban J connectivity index is 2.74. The SMILES string of the molecule is C#CCC(C)(C=CC1=CCCC1)O[Si](C)(C)C. The fourth-order valence-corrected chi connectivity index (χ4v) is 3.70. The molecule has 0 aromatic rings. The van der Waals surface area contributed by atoms with Crippen LogP contribution in [0, 0.1) is 12.3 Å². The first kappa shape index (κ1) is 14.3. The summed E-state index contributed by atoms with van der Waals surface area (Å²) in [6.45, 7) is 8.69. The highest BCUT2D eigenvalue weighted by Gasteiger charge is 2.28. The van der Waals surface area contributed by atoms with Gasteiger partial charge in [-0.1, -0.05) is 23.8 Å². The van der Waals surface area contributed by atoms with E-state index in [4.69, 9.17) is 10.8 Å². The molecule has 2 heteroatoms. The Kier molecular flexibility index (Phi) is 4.79. The summed E-state index contributed by atoms with van der Waals surface area (Å²) in [5.41, 5.74) is 1.12. The van der Waals surface area contributed by atoms with E-state index >= 15 is 0 Å². The van der Waals surface area contributed by atoms with Crippen molar-refractivity contribution < 1.29 is 4.43 Å². The molecule has 1 unspecified atom stereocenters. The van der Waals surface area contributed by atoms with Crippen LogP contribution in [-0.4, -0.2) is 13.9 Å². The summed E-state index contributed by atoms with van der Waals surface area (Å²) in [7, 11) is -1.57. The number of allylic oxidation sites excluding steroid dienone is 3. The van der Waals surface area contributed by atoms with Gasteiger partial charge >= 0.3 is 0 Å². The number of rotatable bonds is 5. The molecule has 0 saturated carbocycles. The summed E-state index contributed by atoms with van der Waals surface area (Å²) >= 11 is 0. The number of terminal acetylenes is 1. The molecule has 0 bridgehead atoms. The van der Waals surface area contributed by atoms with Crippen molar-refractivity contribution in [1.29, 1.82) is 0 Å². The normalized spacial score (nSPS) is 20.1. The van der Waals surface area contributed by atoms with E-state index in [1.165, 1.54) is 24.8 Å². The van der Waals surface area contributed by atoms with Crippen molar-refractivity contribution in [3.63, 3.8) is 0 Å². The van der Waals surface area contributed by atoms with Crippen LogP contribution in [0.3, 0.4) is 0 Å². The lowest BCUT2D eigenvalue weighted by Gasteiger charge is -2.32. The second-order valence-corrected chi connectivity index (χ2v) is 10.3. The van der Waals surface area contributed by atoms with Crippen LogP contribution in [0.15, 0.2) is 23.8 Å². The minimum Gasteiger partial charge on any atom is -0.408 e. The first-order valence-corrected chi connectivity index (χ1v) is 9.77. The summed E-state index contributed by atoms with van der Waals surface area (Å²) in [6.07, 6.45) is 16.4. The summed E-state index contributed by atoms with van der Waals surface area (Å²) < 4.78 is 6.21. The predicted octanol–water partition coefficient (Wildman–Crippen LogP) is 4.29. The lowest BCUT2D eigenvalue weighted by atomic mass is 10.0. The van der Waals surface area contributed by atoms with Crippen LogP contribution < -0.4 is 0 Å². The Morgan fingerprint density at radius 2 is 2.24 bits per heavy atom. The molecular formula is C15H24OSi. The largest absolute Gasteiger partial charge is 0.408 e. The molecule has 17 heavy (non-hydrogen) atoms. The van der Waals surface area contributed by atoms with Gasteiger partial charge in [-0.3, -0.25) is 0 Å². The zero-order valence-corrected chi connectivity index (χ0v) is 12.5. The molecule has 0 radical (unpaired) electrons. The van der Waals surface area contributed by atoms with Gasteiger partial charge in [0.2, 0.25) is 0 Å². The van der Waals surface area contributed by atoms with Gasteiger partial charge in [-0.15, -0.1) is 12.3 Å². The van der Waals surface area contributed by atoms with Crippen LogP contribution in [-0.2, 0) is 4.43 Å². The van der Waals surface area contributed by atoms with E-state index in [1.807, 2.05) is 0 Å². The molecule has 0 fully saturated rings. The molecule has 0 spiro atoms. The summed E-state index contributed by atoms with van der Waals surface area (Å²) in [5, 5.41) is 0. The highest BCUT2D eigenvalue weighted by molar-refractivity contribution is 6.69. The van der Waals surface area contributed by atoms with E-state index in [0.29, 0.717) is 6.42 Å². The molecule has 1 aliphatic rings. The van der Waals surface area contributed by atoms with E-state index in [-0.39, 0.29) is 5.60 Å². The fraction of sp³-hybridized carbons (Fsp3) is 0.600. The Morgan fingerprint density at radius 3 is 2.71 bits per heavy atom. The van der Waals surface area contributed by atoms with Crippen LogP contribution >= 0.6 is 0 Å². The molecular weight excluding hydrogens is 224 g/mol. The van der Waals surface area contributed by atoms with E-state index in [1.54, 1.807) is 0 Å². The van der Waals surface area contributed by atoms with Gasteiger partial charge in [-0.05, 0) is 45.8 Å². The molecule has 0 saturated heterocycles. The van der Waals surface area contributed by atoms with E-state index < -0.39 is 8.32 Å². The lowest BCUT2D eigenvalue weighted by molar-refractivity contribution is 0.138. The second-order valence-electron chi connectivity index (χ2n) is 5.91. The van der Waals surface area contributed by atoms with Gasteiger partial charge in [0.05, 0.1) is 5.60 Å². The first-order chi connectivity index (χ1) is 7.85. The number of hydrogen-bond acceptors (Lipinski definition) is 1. The first-order valence-electron chi connectivity index (χ1n) is 6.37. The van der Waals surface area contributed by atoms with E-state index in [2.05, 4.69) is 50.7 Å². The van der Waals surface area contributed by atoms with E-state index in [9.17, 15) is 0 Å². The van der Waals surface area contributed by atoms with Gasteiger partial charge in [-0.25, -0.2) is 0 Å².